The number of aromatic nitrogens is 3. The first-order valence-electron chi connectivity index (χ1n) is 4.33. The van der Waals surface area contributed by atoms with Gasteiger partial charge >= 0.3 is 0 Å². The average molecular weight is 206 g/mol. The molecule has 0 aliphatic rings. The highest BCUT2D eigenvalue weighted by molar-refractivity contribution is 5.95. The number of hydrogen-bond acceptors (Lipinski definition) is 4. The summed E-state index contributed by atoms with van der Waals surface area (Å²) in [6.45, 7) is 0. The van der Waals surface area contributed by atoms with Crippen molar-refractivity contribution >= 4 is 16.9 Å². The minimum Gasteiger partial charge on any atom is -0.274 e. The van der Waals surface area contributed by atoms with E-state index in [0.29, 0.717) is 11.2 Å². The van der Waals surface area contributed by atoms with Crippen LogP contribution in [0, 0.1) is 0 Å². The summed E-state index contributed by atoms with van der Waals surface area (Å²) in [5, 5.41) is 8.47. The Labute approximate surface area is 85.8 Å². The normalized spacial score (nSPS) is 10.5. The fourth-order valence-corrected chi connectivity index (χ4v) is 1.22. The fourth-order valence-electron chi connectivity index (χ4n) is 1.22. The molecule has 0 aliphatic carbocycles. The van der Waals surface area contributed by atoms with E-state index in [1.165, 1.54) is 13.3 Å². The van der Waals surface area contributed by atoms with Crippen LogP contribution >= 0.6 is 0 Å². The van der Waals surface area contributed by atoms with Gasteiger partial charge in [0.25, 0.3) is 5.91 Å². The monoisotopic (exact) mass is 206 g/mol. The van der Waals surface area contributed by atoms with Crippen LogP contribution < -0.4 is 0 Å². The maximum Gasteiger partial charge on any atom is 0.278 e. The first-order chi connectivity index (χ1) is 7.22. The SMILES string of the molecule is CON(C)C(=O)c1cnc2[nH]ncc2c1. The van der Waals surface area contributed by atoms with Crippen molar-refractivity contribution in [3.8, 4) is 0 Å². The Morgan fingerprint density at radius 2 is 2.33 bits per heavy atom. The van der Waals surface area contributed by atoms with E-state index in [9.17, 15) is 4.79 Å². The minimum atomic E-state index is -0.242. The van der Waals surface area contributed by atoms with Gasteiger partial charge in [-0.05, 0) is 6.07 Å². The van der Waals surface area contributed by atoms with Gasteiger partial charge in [-0.2, -0.15) is 5.10 Å². The Morgan fingerprint density at radius 3 is 3.07 bits per heavy atom. The number of H-pyrrole nitrogens is 1. The zero-order chi connectivity index (χ0) is 10.8. The maximum absolute atomic E-state index is 11.7. The number of hydrogen-bond donors (Lipinski definition) is 1. The minimum absolute atomic E-state index is 0.242. The molecule has 0 atom stereocenters. The average Bonchev–Trinajstić information content (AvgIpc) is 2.73. The highest BCUT2D eigenvalue weighted by Crippen LogP contribution is 2.11. The standard InChI is InChI=1S/C9H10N4O2/c1-13(15-2)9(14)7-3-6-5-11-12-8(6)10-4-7/h3-5H,1-2H3,(H,10,11,12). The summed E-state index contributed by atoms with van der Waals surface area (Å²) in [5.41, 5.74) is 1.12. The van der Waals surface area contributed by atoms with E-state index in [-0.39, 0.29) is 5.91 Å². The van der Waals surface area contributed by atoms with Gasteiger partial charge in [-0.1, -0.05) is 0 Å². The molecule has 1 amide bonds. The number of pyridine rings is 1. The lowest BCUT2D eigenvalue weighted by molar-refractivity contribution is -0.0757. The molecule has 2 aromatic rings. The van der Waals surface area contributed by atoms with Crippen LogP contribution in [0.25, 0.3) is 11.0 Å². The summed E-state index contributed by atoms with van der Waals surface area (Å²) in [6.07, 6.45) is 3.10. The van der Waals surface area contributed by atoms with Crippen LogP contribution in [-0.4, -0.2) is 40.3 Å². The summed E-state index contributed by atoms with van der Waals surface area (Å²) in [6, 6.07) is 1.71. The number of aromatic amines is 1. The number of carbonyl (C=O) groups is 1. The first kappa shape index (κ1) is 9.60. The van der Waals surface area contributed by atoms with Gasteiger partial charge in [-0.25, -0.2) is 10.0 Å². The number of rotatable bonds is 2. The van der Waals surface area contributed by atoms with Crippen molar-refractivity contribution in [3.63, 3.8) is 0 Å². The van der Waals surface area contributed by atoms with Crippen molar-refractivity contribution < 1.29 is 9.63 Å². The van der Waals surface area contributed by atoms with Crippen molar-refractivity contribution in [3.05, 3.63) is 24.0 Å². The number of nitrogens with zero attached hydrogens (tertiary/aromatic N) is 3. The second kappa shape index (κ2) is 3.66. The fraction of sp³-hybridized carbons (Fsp3) is 0.222. The molecule has 0 aromatic carbocycles. The lowest BCUT2D eigenvalue weighted by atomic mass is 10.2. The molecular weight excluding hydrogens is 196 g/mol. The second-order valence-corrected chi connectivity index (χ2v) is 3.02. The Hall–Kier alpha value is -1.95. The molecule has 0 radical (unpaired) electrons. The zero-order valence-electron chi connectivity index (χ0n) is 8.39. The molecule has 15 heavy (non-hydrogen) atoms. The van der Waals surface area contributed by atoms with Gasteiger partial charge in [0.15, 0.2) is 5.65 Å². The summed E-state index contributed by atoms with van der Waals surface area (Å²) < 4.78 is 0. The molecule has 0 unspecified atom stereocenters. The number of hydroxylamine groups is 2. The lowest BCUT2D eigenvalue weighted by Gasteiger charge is -2.12. The van der Waals surface area contributed by atoms with E-state index < -0.39 is 0 Å². The molecule has 1 N–H and O–H groups in total. The molecule has 0 saturated heterocycles. The highest BCUT2D eigenvalue weighted by Gasteiger charge is 2.12. The van der Waals surface area contributed by atoms with Crippen LogP contribution in [-0.2, 0) is 4.84 Å². The molecule has 2 rings (SSSR count). The molecule has 0 bridgehead atoms. The number of amides is 1. The Morgan fingerprint density at radius 1 is 1.53 bits per heavy atom. The molecular formula is C9H10N4O2. The second-order valence-electron chi connectivity index (χ2n) is 3.02. The topological polar surface area (TPSA) is 71.1 Å². The van der Waals surface area contributed by atoms with E-state index >= 15 is 0 Å². The van der Waals surface area contributed by atoms with Crippen LogP contribution in [0.2, 0.25) is 0 Å². The predicted molar refractivity (Wildman–Crippen MR) is 53.0 cm³/mol. The predicted octanol–water partition coefficient (Wildman–Crippen LogP) is 0.591. The Kier molecular flexibility index (Phi) is 2.34. The van der Waals surface area contributed by atoms with Crippen molar-refractivity contribution in [2.45, 2.75) is 0 Å². The molecule has 2 aromatic heterocycles. The molecule has 0 saturated carbocycles. The summed E-state index contributed by atoms with van der Waals surface area (Å²) in [5.74, 6) is -0.242. The van der Waals surface area contributed by atoms with Crippen LogP contribution in [0.5, 0.6) is 0 Å². The van der Waals surface area contributed by atoms with Gasteiger partial charge in [0, 0.05) is 18.6 Å². The van der Waals surface area contributed by atoms with Gasteiger partial charge < -0.3 is 0 Å². The summed E-state index contributed by atoms with van der Waals surface area (Å²) >= 11 is 0. The molecule has 6 nitrogen and oxygen atoms in total. The van der Waals surface area contributed by atoms with Crippen LogP contribution in [0.1, 0.15) is 10.4 Å². The molecule has 0 spiro atoms. The van der Waals surface area contributed by atoms with Gasteiger partial charge in [-0.3, -0.25) is 14.7 Å². The third-order valence-electron chi connectivity index (χ3n) is 2.10. The molecule has 0 aliphatic heterocycles. The Balaban J connectivity index is 2.39. The number of fused-ring (bicyclic) bond motifs is 1. The van der Waals surface area contributed by atoms with Crippen LogP contribution in [0.15, 0.2) is 18.5 Å². The summed E-state index contributed by atoms with van der Waals surface area (Å²) in [4.78, 5) is 20.5. The molecule has 2 heterocycles. The van der Waals surface area contributed by atoms with Crippen LogP contribution in [0.3, 0.4) is 0 Å². The third kappa shape index (κ3) is 1.66. The lowest BCUT2D eigenvalue weighted by Crippen LogP contribution is -2.25. The van der Waals surface area contributed by atoms with E-state index in [0.717, 1.165) is 10.4 Å². The van der Waals surface area contributed by atoms with Crippen LogP contribution in [0.4, 0.5) is 0 Å². The number of nitrogens with one attached hydrogen (secondary N) is 1. The van der Waals surface area contributed by atoms with E-state index in [1.54, 1.807) is 19.3 Å². The summed E-state index contributed by atoms with van der Waals surface area (Å²) in [7, 11) is 2.98. The van der Waals surface area contributed by atoms with Crippen molar-refractivity contribution in [2.24, 2.45) is 0 Å². The van der Waals surface area contributed by atoms with E-state index in [4.69, 9.17) is 4.84 Å². The zero-order valence-corrected chi connectivity index (χ0v) is 8.39. The maximum atomic E-state index is 11.7. The van der Waals surface area contributed by atoms with Crippen molar-refractivity contribution in [2.75, 3.05) is 14.2 Å². The Bertz CT molecular complexity index is 494. The third-order valence-corrected chi connectivity index (χ3v) is 2.10. The van der Waals surface area contributed by atoms with Gasteiger partial charge in [-0.15, -0.1) is 0 Å². The van der Waals surface area contributed by atoms with E-state index in [2.05, 4.69) is 15.2 Å². The van der Waals surface area contributed by atoms with Gasteiger partial charge in [0.05, 0.1) is 18.9 Å². The quantitative estimate of drug-likeness (QED) is 0.730. The number of carbonyl (C=O) groups excluding carboxylic acids is 1. The molecule has 78 valence electrons. The van der Waals surface area contributed by atoms with E-state index in [1.807, 2.05) is 0 Å². The largest absolute Gasteiger partial charge is 0.278 e. The van der Waals surface area contributed by atoms with Crippen molar-refractivity contribution in [1.29, 1.82) is 0 Å². The van der Waals surface area contributed by atoms with Crippen molar-refractivity contribution in [1.82, 2.24) is 20.2 Å². The first-order valence-corrected chi connectivity index (χ1v) is 4.33. The smallest absolute Gasteiger partial charge is 0.274 e. The highest BCUT2D eigenvalue weighted by atomic mass is 16.7. The molecule has 6 heteroatoms. The van der Waals surface area contributed by atoms with Gasteiger partial charge in [0.2, 0.25) is 0 Å². The molecule has 0 fully saturated rings. The van der Waals surface area contributed by atoms with Gasteiger partial charge in [0.1, 0.15) is 0 Å².